The molecule has 0 unspecified atom stereocenters. The summed E-state index contributed by atoms with van der Waals surface area (Å²) in [5.41, 5.74) is 3.70. The highest BCUT2D eigenvalue weighted by Gasteiger charge is 2.34. The number of hydrogen-bond acceptors (Lipinski definition) is 6. The SMILES string of the molecule is COC1(c2cccc(COc3ccc4c(ccc5nnnn54)c3)c2)CCOCC1. The Kier molecular flexibility index (Phi) is 4.61. The summed E-state index contributed by atoms with van der Waals surface area (Å²) in [5, 5.41) is 12.8. The quantitative estimate of drug-likeness (QED) is 0.519. The first-order valence-corrected chi connectivity index (χ1v) is 9.73. The molecule has 1 aliphatic heterocycles. The van der Waals surface area contributed by atoms with Crippen LogP contribution in [0.15, 0.2) is 54.6 Å². The summed E-state index contributed by atoms with van der Waals surface area (Å²) in [4.78, 5) is 0. The third kappa shape index (κ3) is 3.32. The normalized spacial score (nSPS) is 16.3. The first-order chi connectivity index (χ1) is 14.3. The molecule has 7 heteroatoms. The molecule has 0 bridgehead atoms. The highest BCUT2D eigenvalue weighted by Crippen LogP contribution is 2.36. The van der Waals surface area contributed by atoms with Crippen molar-refractivity contribution in [1.82, 2.24) is 20.0 Å². The highest BCUT2D eigenvalue weighted by molar-refractivity contribution is 5.82. The Bertz CT molecular complexity index is 1150. The van der Waals surface area contributed by atoms with E-state index in [9.17, 15) is 0 Å². The van der Waals surface area contributed by atoms with Crippen LogP contribution >= 0.6 is 0 Å². The standard InChI is InChI=1S/C22H22N4O3/c1-27-22(9-11-28-12-10-22)18-4-2-3-16(13-18)15-29-19-6-7-20-17(14-19)5-8-21-23-24-25-26(20)21/h2-8,13-14H,9-12,15H2,1H3. The maximum atomic E-state index is 6.08. The average molecular weight is 390 g/mol. The molecule has 5 rings (SSSR count). The molecular weight excluding hydrogens is 368 g/mol. The number of nitrogens with zero attached hydrogens (tertiary/aromatic N) is 4. The number of fused-ring (bicyclic) bond motifs is 3. The molecule has 1 aliphatic rings. The van der Waals surface area contributed by atoms with Gasteiger partial charge in [0.05, 0.1) is 11.1 Å². The predicted molar refractivity (Wildman–Crippen MR) is 108 cm³/mol. The van der Waals surface area contributed by atoms with Crippen molar-refractivity contribution in [3.05, 3.63) is 65.7 Å². The molecule has 3 heterocycles. The molecule has 0 amide bonds. The van der Waals surface area contributed by atoms with Gasteiger partial charge in [-0.05, 0) is 58.0 Å². The van der Waals surface area contributed by atoms with Crippen LogP contribution < -0.4 is 4.74 Å². The molecule has 0 spiro atoms. The van der Waals surface area contributed by atoms with Crippen molar-refractivity contribution in [2.45, 2.75) is 25.0 Å². The maximum Gasteiger partial charge on any atom is 0.179 e. The molecule has 2 aromatic heterocycles. The largest absolute Gasteiger partial charge is 0.489 e. The van der Waals surface area contributed by atoms with Gasteiger partial charge in [0.2, 0.25) is 0 Å². The smallest absolute Gasteiger partial charge is 0.179 e. The average Bonchev–Trinajstić information content (AvgIpc) is 3.27. The molecule has 0 N–H and O–H groups in total. The van der Waals surface area contributed by atoms with Gasteiger partial charge in [-0.2, -0.15) is 4.52 Å². The van der Waals surface area contributed by atoms with Crippen LogP contribution in [0.2, 0.25) is 0 Å². The van der Waals surface area contributed by atoms with E-state index < -0.39 is 0 Å². The van der Waals surface area contributed by atoms with Crippen LogP contribution in [0.4, 0.5) is 0 Å². The number of tetrazole rings is 1. The first kappa shape index (κ1) is 18.0. The Balaban J connectivity index is 1.36. The van der Waals surface area contributed by atoms with Crippen molar-refractivity contribution in [2.24, 2.45) is 0 Å². The number of pyridine rings is 1. The molecule has 1 saturated heterocycles. The van der Waals surface area contributed by atoms with E-state index in [-0.39, 0.29) is 5.60 Å². The number of benzene rings is 2. The molecular formula is C22H22N4O3. The monoisotopic (exact) mass is 390 g/mol. The van der Waals surface area contributed by atoms with Crippen LogP contribution in [0.5, 0.6) is 5.75 Å². The molecule has 1 fully saturated rings. The summed E-state index contributed by atoms with van der Waals surface area (Å²) in [7, 11) is 1.78. The van der Waals surface area contributed by atoms with E-state index in [1.807, 2.05) is 30.3 Å². The van der Waals surface area contributed by atoms with Crippen molar-refractivity contribution in [3.8, 4) is 5.75 Å². The topological polar surface area (TPSA) is 70.8 Å². The van der Waals surface area contributed by atoms with Crippen molar-refractivity contribution in [2.75, 3.05) is 20.3 Å². The van der Waals surface area contributed by atoms with Crippen LogP contribution in [0.25, 0.3) is 16.6 Å². The summed E-state index contributed by atoms with van der Waals surface area (Å²) in [5.74, 6) is 0.808. The second kappa shape index (κ2) is 7.42. The van der Waals surface area contributed by atoms with Gasteiger partial charge in [0.1, 0.15) is 12.4 Å². The predicted octanol–water partition coefficient (Wildman–Crippen LogP) is 3.51. The Labute approximate surface area is 168 Å². The number of rotatable bonds is 5. The molecule has 0 radical (unpaired) electrons. The van der Waals surface area contributed by atoms with Gasteiger partial charge in [-0.25, -0.2) is 0 Å². The number of ether oxygens (including phenoxy) is 3. The Morgan fingerprint density at radius 3 is 2.83 bits per heavy atom. The molecule has 0 atom stereocenters. The van der Waals surface area contributed by atoms with Gasteiger partial charge in [0.25, 0.3) is 0 Å². The third-order valence-corrected chi connectivity index (χ3v) is 5.68. The maximum absolute atomic E-state index is 6.08. The van der Waals surface area contributed by atoms with E-state index in [2.05, 4.69) is 39.8 Å². The number of aromatic nitrogens is 4. The van der Waals surface area contributed by atoms with E-state index >= 15 is 0 Å². The van der Waals surface area contributed by atoms with E-state index in [1.165, 1.54) is 5.56 Å². The number of hydrogen-bond donors (Lipinski definition) is 0. The summed E-state index contributed by atoms with van der Waals surface area (Å²) >= 11 is 0. The van der Waals surface area contributed by atoms with Crippen LogP contribution in [-0.4, -0.2) is 40.4 Å². The van der Waals surface area contributed by atoms with Crippen LogP contribution in [0.3, 0.4) is 0 Å². The fourth-order valence-electron chi connectivity index (χ4n) is 4.01. The van der Waals surface area contributed by atoms with Crippen molar-refractivity contribution >= 4 is 16.6 Å². The van der Waals surface area contributed by atoms with Gasteiger partial charge >= 0.3 is 0 Å². The lowest BCUT2D eigenvalue weighted by Crippen LogP contribution is -2.35. The first-order valence-electron chi connectivity index (χ1n) is 9.73. The summed E-state index contributed by atoms with van der Waals surface area (Å²) in [6, 6.07) is 18.3. The minimum absolute atomic E-state index is 0.269. The van der Waals surface area contributed by atoms with Crippen molar-refractivity contribution in [1.29, 1.82) is 0 Å². The van der Waals surface area contributed by atoms with Gasteiger partial charge in [-0.15, -0.1) is 5.10 Å². The lowest BCUT2D eigenvalue weighted by atomic mass is 9.85. The third-order valence-electron chi connectivity index (χ3n) is 5.68. The van der Waals surface area contributed by atoms with E-state index in [0.717, 1.165) is 53.9 Å². The second-order valence-corrected chi connectivity index (χ2v) is 7.30. The zero-order valence-corrected chi connectivity index (χ0v) is 16.2. The summed E-state index contributed by atoms with van der Waals surface area (Å²) < 4.78 is 19.2. The molecule has 2 aromatic carbocycles. The molecule has 0 saturated carbocycles. The van der Waals surface area contributed by atoms with E-state index in [0.29, 0.717) is 6.61 Å². The zero-order valence-electron chi connectivity index (χ0n) is 16.2. The Morgan fingerprint density at radius 2 is 1.97 bits per heavy atom. The second-order valence-electron chi connectivity index (χ2n) is 7.30. The molecule has 0 aliphatic carbocycles. The van der Waals surface area contributed by atoms with Gasteiger partial charge in [0, 0.05) is 38.6 Å². The lowest BCUT2D eigenvalue weighted by Gasteiger charge is -2.36. The summed E-state index contributed by atoms with van der Waals surface area (Å²) in [6.45, 7) is 1.93. The van der Waals surface area contributed by atoms with Gasteiger partial charge in [-0.1, -0.05) is 18.2 Å². The molecule has 148 valence electrons. The minimum atomic E-state index is -0.269. The van der Waals surface area contributed by atoms with Gasteiger partial charge in [0.15, 0.2) is 5.65 Å². The lowest BCUT2D eigenvalue weighted by molar-refractivity contribution is -0.0948. The molecule has 4 aromatic rings. The Hall–Kier alpha value is -3.03. The van der Waals surface area contributed by atoms with Gasteiger partial charge in [-0.3, -0.25) is 0 Å². The fraction of sp³-hybridized carbons (Fsp3) is 0.318. The van der Waals surface area contributed by atoms with E-state index in [1.54, 1.807) is 11.6 Å². The zero-order chi connectivity index (χ0) is 19.7. The highest BCUT2D eigenvalue weighted by atomic mass is 16.5. The van der Waals surface area contributed by atoms with Crippen LogP contribution in [0.1, 0.15) is 24.0 Å². The van der Waals surface area contributed by atoms with Gasteiger partial charge < -0.3 is 14.2 Å². The summed E-state index contributed by atoms with van der Waals surface area (Å²) in [6.07, 6.45) is 1.73. The Morgan fingerprint density at radius 1 is 1.07 bits per heavy atom. The van der Waals surface area contributed by atoms with Crippen molar-refractivity contribution < 1.29 is 14.2 Å². The van der Waals surface area contributed by atoms with Crippen LogP contribution in [0, 0.1) is 0 Å². The fourth-order valence-corrected chi connectivity index (χ4v) is 4.01. The molecule has 29 heavy (non-hydrogen) atoms. The van der Waals surface area contributed by atoms with Crippen molar-refractivity contribution in [3.63, 3.8) is 0 Å². The number of methoxy groups -OCH3 is 1. The van der Waals surface area contributed by atoms with E-state index in [4.69, 9.17) is 14.2 Å². The minimum Gasteiger partial charge on any atom is -0.489 e. The van der Waals surface area contributed by atoms with Crippen LogP contribution in [-0.2, 0) is 21.7 Å². The molecule has 7 nitrogen and oxygen atoms in total.